The van der Waals surface area contributed by atoms with E-state index in [4.69, 9.17) is 52.2 Å². The third kappa shape index (κ3) is 7.54. The number of nitrogens with two attached hydrogens (primary N) is 2. The number of hydrogen-bond acceptors (Lipinski definition) is 6. The van der Waals surface area contributed by atoms with Gasteiger partial charge in [0.2, 0.25) is 0 Å². The first-order valence-corrected chi connectivity index (χ1v) is 7.75. The van der Waals surface area contributed by atoms with E-state index < -0.39 is 14.8 Å². The molecule has 0 heterocycles. The number of ether oxygens (including phenoxy) is 1. The number of methoxy groups -OCH3 is 1. The van der Waals surface area contributed by atoms with Gasteiger partial charge in [0, 0.05) is 16.3 Å². The van der Waals surface area contributed by atoms with Crippen LogP contribution in [0.15, 0.2) is 36.4 Å². The Morgan fingerprint density at radius 2 is 1.52 bits per heavy atom. The fourth-order valence-electron chi connectivity index (χ4n) is 1.48. The molecule has 0 saturated carbocycles. The zero-order valence-electron chi connectivity index (χ0n) is 12.1. The molecule has 2 aromatic carbocycles. The summed E-state index contributed by atoms with van der Waals surface area (Å²) in [5.41, 5.74) is 12.7. The van der Waals surface area contributed by atoms with Crippen LogP contribution in [0.2, 0.25) is 10.0 Å². The Balaban J connectivity index is 0.000000360. The van der Waals surface area contributed by atoms with Crippen LogP contribution in [0.5, 0.6) is 5.75 Å². The van der Waals surface area contributed by atoms with Crippen molar-refractivity contribution in [2.24, 2.45) is 0 Å². The molecule has 2 rings (SSSR count). The number of aliphatic hydroxyl groups excluding tert-OH is 1. The summed E-state index contributed by atoms with van der Waals surface area (Å²) in [7, 11) is 1.54. The SMILES string of the molecule is COc1c(N)cccc1Cl.Nc1cccc(Cl)c1CO.[O]=[Mn]=[O]. The summed E-state index contributed by atoms with van der Waals surface area (Å²) < 4.78 is 21.7. The van der Waals surface area contributed by atoms with Crippen LogP contribution in [0.4, 0.5) is 11.4 Å². The van der Waals surface area contributed by atoms with E-state index in [1.807, 2.05) is 0 Å². The summed E-state index contributed by atoms with van der Waals surface area (Å²) in [4.78, 5) is 0. The van der Waals surface area contributed by atoms with E-state index in [0.717, 1.165) is 0 Å². The molecular formula is C14H16Cl2MnN2O4. The molecule has 6 nitrogen and oxygen atoms in total. The first kappa shape index (κ1) is 21.5. The van der Waals surface area contributed by atoms with Crippen LogP contribution in [0.3, 0.4) is 0 Å². The molecule has 0 atom stereocenters. The molecule has 0 saturated heterocycles. The number of nitrogen functional groups attached to an aromatic ring is 2. The monoisotopic (exact) mass is 401 g/mol. The summed E-state index contributed by atoms with van der Waals surface area (Å²) >= 11 is 9.98. The molecule has 127 valence electrons. The van der Waals surface area contributed by atoms with Crippen LogP contribution in [0.1, 0.15) is 5.56 Å². The van der Waals surface area contributed by atoms with Gasteiger partial charge in [-0.25, -0.2) is 0 Å². The van der Waals surface area contributed by atoms with Gasteiger partial charge in [0.25, 0.3) is 0 Å². The Labute approximate surface area is 149 Å². The van der Waals surface area contributed by atoms with Crippen LogP contribution in [0, 0.1) is 0 Å². The molecule has 0 aliphatic heterocycles. The molecule has 2 aromatic rings. The van der Waals surface area contributed by atoms with E-state index >= 15 is 0 Å². The van der Waals surface area contributed by atoms with Crippen LogP contribution < -0.4 is 16.2 Å². The third-order valence-electron chi connectivity index (χ3n) is 2.51. The fraction of sp³-hybridized carbons (Fsp3) is 0.143. The van der Waals surface area contributed by atoms with Crippen molar-refractivity contribution in [2.75, 3.05) is 18.6 Å². The average Bonchev–Trinajstić information content (AvgIpc) is 2.49. The standard InChI is InChI=1S/2C7H8ClNO.Mn.2O/c1-10-7-5(8)3-2-4-6(7)9;8-6-2-1-3-7(9)5(6)4-10;;;/h2-4H,9H2,1H3;1-3,10H,4,9H2;;;. The van der Waals surface area contributed by atoms with Gasteiger partial charge in [-0.15, -0.1) is 0 Å². The molecule has 0 radical (unpaired) electrons. The molecule has 0 unspecified atom stereocenters. The summed E-state index contributed by atoms with van der Waals surface area (Å²) in [5.74, 6) is 0.546. The summed E-state index contributed by atoms with van der Waals surface area (Å²) in [6, 6.07) is 10.4. The van der Waals surface area contributed by atoms with Gasteiger partial charge in [0.15, 0.2) is 5.75 Å². The Morgan fingerprint density at radius 3 is 1.83 bits per heavy atom. The summed E-state index contributed by atoms with van der Waals surface area (Å²) in [6.45, 7) is -0.106. The molecule has 0 bridgehead atoms. The van der Waals surface area contributed by atoms with E-state index in [-0.39, 0.29) is 6.61 Å². The van der Waals surface area contributed by atoms with Gasteiger partial charge >= 0.3 is 22.5 Å². The molecular weight excluding hydrogens is 386 g/mol. The molecule has 5 N–H and O–H groups in total. The number of benzene rings is 2. The molecule has 0 aliphatic rings. The van der Waals surface area contributed by atoms with Gasteiger partial charge in [-0.05, 0) is 24.3 Å². The van der Waals surface area contributed by atoms with Crippen molar-refractivity contribution in [3.05, 3.63) is 52.0 Å². The predicted octanol–water partition coefficient (Wildman–Crippen LogP) is 3.11. The van der Waals surface area contributed by atoms with Crippen molar-refractivity contribution in [3.8, 4) is 5.75 Å². The summed E-state index contributed by atoms with van der Waals surface area (Å²) in [5, 5.41) is 9.80. The molecule has 0 fully saturated rings. The Kier molecular flexibility index (Phi) is 11.2. The van der Waals surface area contributed by atoms with Crippen molar-refractivity contribution in [3.63, 3.8) is 0 Å². The van der Waals surface area contributed by atoms with E-state index in [9.17, 15) is 0 Å². The van der Waals surface area contributed by atoms with E-state index in [0.29, 0.717) is 32.7 Å². The van der Waals surface area contributed by atoms with Crippen molar-refractivity contribution >= 4 is 34.6 Å². The van der Waals surface area contributed by atoms with Gasteiger partial charge in [-0.2, -0.15) is 0 Å². The fourth-order valence-corrected chi connectivity index (χ4v) is 1.98. The Hall–Kier alpha value is -1.50. The van der Waals surface area contributed by atoms with Crippen LogP contribution >= 0.6 is 23.2 Å². The van der Waals surface area contributed by atoms with Gasteiger partial charge in [0.05, 0.1) is 24.4 Å². The van der Waals surface area contributed by atoms with Crippen LogP contribution in [0.25, 0.3) is 0 Å². The Bertz CT molecular complexity index is 573. The third-order valence-corrected chi connectivity index (χ3v) is 3.17. The second kappa shape index (κ2) is 12.0. The van der Waals surface area contributed by atoms with E-state index in [1.165, 1.54) is 7.11 Å². The molecule has 9 heteroatoms. The van der Waals surface area contributed by atoms with Gasteiger partial charge in [-0.1, -0.05) is 35.3 Å². The van der Waals surface area contributed by atoms with E-state index in [2.05, 4.69) is 0 Å². The average molecular weight is 402 g/mol. The second-order valence-electron chi connectivity index (χ2n) is 3.89. The number of anilines is 2. The van der Waals surface area contributed by atoms with Crippen LogP contribution in [-0.2, 0) is 29.1 Å². The number of halogens is 2. The maximum absolute atomic E-state index is 8.73. The molecule has 0 amide bonds. The van der Waals surface area contributed by atoms with Gasteiger partial charge in [0.1, 0.15) is 0 Å². The molecule has 0 aromatic heterocycles. The van der Waals surface area contributed by atoms with Gasteiger partial charge < -0.3 is 21.3 Å². The van der Waals surface area contributed by atoms with Crippen LogP contribution in [-0.4, -0.2) is 12.2 Å². The topological polar surface area (TPSA) is 116 Å². The first-order chi connectivity index (χ1) is 10.9. The molecule has 23 heavy (non-hydrogen) atoms. The first-order valence-electron chi connectivity index (χ1n) is 6.03. The number of aliphatic hydroxyl groups is 1. The van der Waals surface area contributed by atoms with E-state index in [1.54, 1.807) is 36.4 Å². The minimum atomic E-state index is -1.44. The maximum atomic E-state index is 8.73. The minimum absolute atomic E-state index is 0.106. The van der Waals surface area contributed by atoms with Crippen molar-refractivity contribution < 1.29 is 32.3 Å². The van der Waals surface area contributed by atoms with Gasteiger partial charge in [-0.3, -0.25) is 0 Å². The normalized spacial score (nSPS) is 8.87. The van der Waals surface area contributed by atoms with Crippen molar-refractivity contribution in [2.45, 2.75) is 6.61 Å². The zero-order chi connectivity index (χ0) is 17.8. The molecule has 0 spiro atoms. The Morgan fingerprint density at radius 1 is 1.04 bits per heavy atom. The second-order valence-corrected chi connectivity index (χ2v) is 4.90. The van der Waals surface area contributed by atoms with Crippen molar-refractivity contribution in [1.82, 2.24) is 0 Å². The quantitative estimate of drug-likeness (QED) is 0.525. The molecule has 0 aliphatic carbocycles. The summed E-state index contributed by atoms with van der Waals surface area (Å²) in [6.07, 6.45) is 0. The number of hydrogen-bond donors (Lipinski definition) is 3. The predicted molar refractivity (Wildman–Crippen MR) is 85.6 cm³/mol. The zero-order valence-corrected chi connectivity index (χ0v) is 14.8. The van der Waals surface area contributed by atoms with Crippen molar-refractivity contribution in [1.29, 1.82) is 0 Å². The number of rotatable bonds is 2. The number of para-hydroxylation sites is 1.